The van der Waals surface area contributed by atoms with E-state index in [2.05, 4.69) is 40.5 Å². The Morgan fingerprint density at radius 3 is 2.62 bits per heavy atom. The lowest BCUT2D eigenvalue weighted by Gasteiger charge is -2.34. The van der Waals surface area contributed by atoms with Crippen LogP contribution in [0.2, 0.25) is 0 Å². The van der Waals surface area contributed by atoms with Crippen LogP contribution in [0.25, 0.3) is 0 Å². The summed E-state index contributed by atoms with van der Waals surface area (Å²) < 4.78 is 0. The Kier molecular flexibility index (Phi) is 5.27. The highest BCUT2D eigenvalue weighted by atomic mass is 32.1. The lowest BCUT2D eigenvalue weighted by molar-refractivity contribution is -0.914. The number of aryl methyl sites for hydroxylation is 1. The highest BCUT2D eigenvalue weighted by molar-refractivity contribution is 7.16. The number of rotatable bonds is 4. The van der Waals surface area contributed by atoms with E-state index in [9.17, 15) is 4.79 Å². The number of anilines is 2. The second-order valence-electron chi connectivity index (χ2n) is 7.45. The Morgan fingerprint density at radius 2 is 1.88 bits per heavy atom. The van der Waals surface area contributed by atoms with Crippen LogP contribution in [-0.2, 0) is 24.2 Å². The van der Waals surface area contributed by atoms with Gasteiger partial charge in [-0.2, -0.15) is 0 Å². The van der Waals surface area contributed by atoms with E-state index in [0.29, 0.717) is 0 Å². The molecule has 1 aromatic heterocycles. The molecule has 0 saturated carbocycles. The van der Waals surface area contributed by atoms with Gasteiger partial charge in [0.2, 0.25) is 5.91 Å². The van der Waals surface area contributed by atoms with Crippen LogP contribution in [0.15, 0.2) is 30.3 Å². The van der Waals surface area contributed by atoms with E-state index >= 15 is 0 Å². The predicted molar refractivity (Wildman–Crippen MR) is 108 cm³/mol. The van der Waals surface area contributed by atoms with Crippen molar-refractivity contribution in [2.75, 3.05) is 36.4 Å². The molecule has 2 N–H and O–H groups in total. The maximum absolute atomic E-state index is 11.7. The number of amides is 1. The Hall–Kier alpha value is -1.85. The molecule has 5 heteroatoms. The summed E-state index contributed by atoms with van der Waals surface area (Å²) >= 11 is 1.82. The number of fused-ring (bicyclic) bond motifs is 1. The van der Waals surface area contributed by atoms with Crippen molar-refractivity contribution < 1.29 is 9.69 Å². The number of nitrogens with zero attached hydrogens (tertiary/aromatic N) is 1. The summed E-state index contributed by atoms with van der Waals surface area (Å²) in [6.45, 7) is 7.17. The van der Waals surface area contributed by atoms with Crippen molar-refractivity contribution in [3.63, 3.8) is 0 Å². The second kappa shape index (κ2) is 7.80. The minimum Gasteiger partial charge on any atom is -0.360 e. The highest BCUT2D eigenvalue weighted by Crippen LogP contribution is 2.37. The lowest BCUT2D eigenvalue weighted by atomic mass is 9.95. The predicted octanol–water partition coefficient (Wildman–Crippen LogP) is 2.49. The van der Waals surface area contributed by atoms with E-state index in [1.165, 1.54) is 41.8 Å². The number of hydrogen-bond donors (Lipinski definition) is 2. The van der Waals surface area contributed by atoms with Gasteiger partial charge in [-0.25, -0.2) is 0 Å². The van der Waals surface area contributed by atoms with Crippen molar-refractivity contribution in [2.45, 2.75) is 39.2 Å². The van der Waals surface area contributed by atoms with Gasteiger partial charge in [-0.3, -0.25) is 4.79 Å². The van der Waals surface area contributed by atoms with Crippen LogP contribution in [0.5, 0.6) is 0 Å². The molecule has 0 spiro atoms. The molecule has 0 atom stereocenters. The van der Waals surface area contributed by atoms with Crippen molar-refractivity contribution in [2.24, 2.45) is 0 Å². The molecule has 2 aliphatic rings. The number of nitrogens with one attached hydrogen (secondary N) is 2. The summed E-state index contributed by atoms with van der Waals surface area (Å²) in [5, 5.41) is 4.22. The molecule has 0 radical (unpaired) electrons. The lowest BCUT2D eigenvalue weighted by Crippen LogP contribution is -3.13. The Labute approximate surface area is 159 Å². The van der Waals surface area contributed by atoms with Crippen molar-refractivity contribution in [3.05, 3.63) is 46.3 Å². The van der Waals surface area contributed by atoms with E-state index in [-0.39, 0.29) is 5.91 Å². The molecule has 4 rings (SSSR count). The second-order valence-corrected chi connectivity index (χ2v) is 8.55. The normalized spacial score (nSPS) is 17.8. The van der Waals surface area contributed by atoms with Gasteiger partial charge in [-0.05, 0) is 43.4 Å². The number of hydrogen-bond acceptors (Lipinski definition) is 3. The van der Waals surface area contributed by atoms with Crippen molar-refractivity contribution >= 4 is 27.9 Å². The summed E-state index contributed by atoms with van der Waals surface area (Å²) in [6.07, 6.45) is 4.94. The molecule has 1 fully saturated rings. The summed E-state index contributed by atoms with van der Waals surface area (Å²) in [5.41, 5.74) is 4.30. The van der Waals surface area contributed by atoms with Crippen molar-refractivity contribution in [1.29, 1.82) is 0 Å². The van der Waals surface area contributed by atoms with E-state index in [0.717, 1.165) is 37.7 Å². The first-order valence-electron chi connectivity index (χ1n) is 9.75. The Morgan fingerprint density at radius 1 is 1.15 bits per heavy atom. The molecule has 26 heavy (non-hydrogen) atoms. The Balaban J connectivity index is 1.46. The molecular weight excluding hydrogens is 342 g/mol. The fraction of sp³-hybridized carbons (Fsp3) is 0.476. The summed E-state index contributed by atoms with van der Waals surface area (Å²) in [6, 6.07) is 10.7. The third-order valence-corrected chi connectivity index (χ3v) is 6.84. The van der Waals surface area contributed by atoms with Gasteiger partial charge in [0.1, 0.15) is 11.5 Å². The molecule has 0 bridgehead atoms. The van der Waals surface area contributed by atoms with Crippen molar-refractivity contribution in [3.8, 4) is 0 Å². The first-order chi connectivity index (χ1) is 12.7. The average molecular weight is 371 g/mol. The summed E-state index contributed by atoms with van der Waals surface area (Å²) in [5.74, 6) is 0.0498. The quantitative estimate of drug-likeness (QED) is 0.868. The largest absolute Gasteiger partial charge is 0.360 e. The fourth-order valence-electron chi connectivity index (χ4n) is 4.23. The van der Waals surface area contributed by atoms with Gasteiger partial charge in [0.05, 0.1) is 26.2 Å². The van der Waals surface area contributed by atoms with Crippen LogP contribution >= 0.6 is 11.3 Å². The molecule has 1 amide bonds. The molecule has 138 valence electrons. The molecular formula is C21H28N3OS+. The summed E-state index contributed by atoms with van der Waals surface area (Å²) in [4.78, 5) is 17.3. The first kappa shape index (κ1) is 17.6. The number of carbonyl (C=O) groups is 1. The van der Waals surface area contributed by atoms with Crippen LogP contribution in [0.3, 0.4) is 0 Å². The topological polar surface area (TPSA) is 36.8 Å². The van der Waals surface area contributed by atoms with Gasteiger partial charge in [0, 0.05) is 23.1 Å². The number of piperazine rings is 1. The molecule has 1 aliphatic carbocycles. The smallest absolute Gasteiger partial charge is 0.221 e. The SMILES string of the molecule is CC(=O)Nc1sc2c(c1C[NH+]1CCN(c3ccccc3)CC1)CCCC2. The molecule has 1 aliphatic heterocycles. The molecule has 1 saturated heterocycles. The van der Waals surface area contributed by atoms with E-state index in [4.69, 9.17) is 0 Å². The number of para-hydroxylation sites is 1. The van der Waals surface area contributed by atoms with Crippen LogP contribution in [0.4, 0.5) is 10.7 Å². The zero-order valence-electron chi connectivity index (χ0n) is 15.5. The molecule has 2 heterocycles. The number of carbonyl (C=O) groups excluding carboxylic acids is 1. The number of quaternary nitrogens is 1. The molecule has 2 aromatic rings. The van der Waals surface area contributed by atoms with Gasteiger partial charge >= 0.3 is 0 Å². The molecule has 1 aromatic carbocycles. The minimum atomic E-state index is 0.0498. The standard InChI is InChI=1S/C21H27N3OS/c1-16(25)22-21-19(18-9-5-6-10-20(18)26-21)15-23-11-13-24(14-12-23)17-7-3-2-4-8-17/h2-4,7-8H,5-6,9-15H2,1H3,(H,22,25)/p+1. The van der Waals surface area contributed by atoms with Crippen molar-refractivity contribution in [1.82, 2.24) is 0 Å². The van der Waals surface area contributed by atoms with E-state index in [1.807, 2.05) is 11.3 Å². The fourth-order valence-corrected chi connectivity index (χ4v) is 5.58. The Bertz CT molecular complexity index is 763. The van der Waals surface area contributed by atoms with Gasteiger partial charge in [0.25, 0.3) is 0 Å². The highest BCUT2D eigenvalue weighted by Gasteiger charge is 2.26. The summed E-state index contributed by atoms with van der Waals surface area (Å²) in [7, 11) is 0. The average Bonchev–Trinajstić information content (AvgIpc) is 3.00. The zero-order chi connectivity index (χ0) is 17.9. The maximum Gasteiger partial charge on any atom is 0.221 e. The third kappa shape index (κ3) is 3.79. The third-order valence-electron chi connectivity index (χ3n) is 5.59. The van der Waals surface area contributed by atoms with E-state index < -0.39 is 0 Å². The maximum atomic E-state index is 11.7. The van der Waals surface area contributed by atoms with Crippen LogP contribution in [-0.4, -0.2) is 32.1 Å². The number of benzene rings is 1. The van der Waals surface area contributed by atoms with Gasteiger partial charge in [-0.1, -0.05) is 18.2 Å². The zero-order valence-corrected chi connectivity index (χ0v) is 16.3. The van der Waals surface area contributed by atoms with Crippen LogP contribution < -0.4 is 15.1 Å². The van der Waals surface area contributed by atoms with Crippen LogP contribution in [0, 0.1) is 0 Å². The molecule has 4 nitrogen and oxygen atoms in total. The van der Waals surface area contributed by atoms with Gasteiger partial charge < -0.3 is 15.1 Å². The van der Waals surface area contributed by atoms with Gasteiger partial charge in [0.15, 0.2) is 0 Å². The van der Waals surface area contributed by atoms with E-state index in [1.54, 1.807) is 17.4 Å². The van der Waals surface area contributed by atoms with Crippen LogP contribution in [0.1, 0.15) is 35.8 Å². The minimum absolute atomic E-state index is 0.0498. The molecule has 0 unspecified atom stereocenters. The number of thiophene rings is 1. The van der Waals surface area contributed by atoms with Gasteiger partial charge in [-0.15, -0.1) is 11.3 Å². The first-order valence-corrected chi connectivity index (χ1v) is 10.6. The monoisotopic (exact) mass is 370 g/mol.